The van der Waals surface area contributed by atoms with E-state index in [0.29, 0.717) is 0 Å². The van der Waals surface area contributed by atoms with Gasteiger partial charge < -0.3 is 10.2 Å². The number of carbonyl (C=O) groups excluding carboxylic acids is 2. The molecule has 2 aromatic rings. The molecule has 0 aliphatic rings. The van der Waals surface area contributed by atoms with E-state index in [1.807, 2.05) is 45.0 Å². The number of nitrogens with one attached hydrogen (secondary N) is 1. The average Bonchev–Trinajstić information content (AvgIpc) is 2.73. The van der Waals surface area contributed by atoms with Crippen molar-refractivity contribution in [3.63, 3.8) is 0 Å². The van der Waals surface area contributed by atoms with Gasteiger partial charge in [-0.1, -0.05) is 40.2 Å². The molecule has 2 rings (SSSR count). The zero-order valence-electron chi connectivity index (χ0n) is 20.7. The summed E-state index contributed by atoms with van der Waals surface area (Å²) in [7, 11) is -3.76. The average molecular weight is 571 g/mol. The van der Waals surface area contributed by atoms with Crippen LogP contribution in [0.5, 0.6) is 0 Å². The molecular formula is C25H33BrFN3O4S. The highest BCUT2D eigenvalue weighted by molar-refractivity contribution is 9.10. The number of carbonyl (C=O) groups is 2. The number of halogens is 2. The fraction of sp³-hybridized carbons (Fsp3) is 0.440. The van der Waals surface area contributed by atoms with Gasteiger partial charge in [0.2, 0.25) is 21.8 Å². The molecule has 0 saturated heterocycles. The number of sulfonamides is 1. The van der Waals surface area contributed by atoms with Gasteiger partial charge in [0.25, 0.3) is 0 Å². The van der Waals surface area contributed by atoms with Crippen molar-refractivity contribution >= 4 is 43.5 Å². The highest BCUT2D eigenvalue weighted by Gasteiger charge is 2.29. The van der Waals surface area contributed by atoms with Gasteiger partial charge in [-0.05, 0) is 63.9 Å². The summed E-state index contributed by atoms with van der Waals surface area (Å²) in [6.07, 6.45) is 1.14. The van der Waals surface area contributed by atoms with E-state index in [1.165, 1.54) is 23.1 Å². The molecule has 0 aliphatic carbocycles. The number of hydrogen-bond acceptors (Lipinski definition) is 4. The minimum absolute atomic E-state index is 0.0123. The lowest BCUT2D eigenvalue weighted by Crippen LogP contribution is -2.52. The van der Waals surface area contributed by atoms with E-state index in [4.69, 9.17) is 0 Å². The second-order valence-corrected chi connectivity index (χ2v) is 12.3. The zero-order chi connectivity index (χ0) is 26.4. The summed E-state index contributed by atoms with van der Waals surface area (Å²) in [5, 5.41) is 2.90. The first-order valence-corrected chi connectivity index (χ1v) is 13.9. The van der Waals surface area contributed by atoms with Crippen LogP contribution in [-0.4, -0.2) is 49.5 Å². The summed E-state index contributed by atoms with van der Waals surface area (Å²) in [4.78, 5) is 27.6. The third-order valence-corrected chi connectivity index (χ3v) is 6.85. The monoisotopic (exact) mass is 569 g/mol. The molecule has 1 N–H and O–H groups in total. The number of rotatable bonds is 10. The quantitative estimate of drug-likeness (QED) is 0.457. The van der Waals surface area contributed by atoms with Crippen molar-refractivity contribution in [3.8, 4) is 0 Å². The van der Waals surface area contributed by atoms with Crippen LogP contribution >= 0.6 is 15.9 Å². The van der Waals surface area contributed by atoms with Crippen molar-refractivity contribution in [2.75, 3.05) is 17.1 Å². The van der Waals surface area contributed by atoms with Gasteiger partial charge in [0.15, 0.2) is 0 Å². The number of nitrogens with zero attached hydrogens (tertiary/aromatic N) is 2. The standard InChI is InChI=1S/C25H33BrFN3O4S/c1-18(24(32)28-25(2,3)4)29(17-19-10-8-11-20(26)16-19)23(31)14-9-15-30(35(5,33)34)22-13-7-6-12-21(22)27/h6-8,10-13,16,18H,9,14-15,17H2,1-5H3,(H,28,32). The number of amides is 2. The van der Waals surface area contributed by atoms with Crippen LogP contribution in [-0.2, 0) is 26.2 Å². The maximum absolute atomic E-state index is 14.3. The highest BCUT2D eigenvalue weighted by Crippen LogP contribution is 2.22. The maximum atomic E-state index is 14.3. The van der Waals surface area contributed by atoms with Gasteiger partial charge in [0, 0.05) is 29.5 Å². The van der Waals surface area contributed by atoms with Gasteiger partial charge in [0.1, 0.15) is 11.9 Å². The first-order valence-electron chi connectivity index (χ1n) is 11.3. The lowest BCUT2D eigenvalue weighted by molar-refractivity contribution is -0.141. The minimum atomic E-state index is -3.76. The Labute approximate surface area is 215 Å². The summed E-state index contributed by atoms with van der Waals surface area (Å²) >= 11 is 3.42. The number of benzene rings is 2. The predicted octanol–water partition coefficient (Wildman–Crippen LogP) is 4.47. The van der Waals surface area contributed by atoms with Crippen LogP contribution in [0.3, 0.4) is 0 Å². The molecule has 2 amide bonds. The summed E-state index contributed by atoms with van der Waals surface area (Å²) in [5.74, 6) is -1.25. The van der Waals surface area contributed by atoms with E-state index in [1.54, 1.807) is 13.0 Å². The van der Waals surface area contributed by atoms with Crippen molar-refractivity contribution in [3.05, 3.63) is 64.4 Å². The smallest absolute Gasteiger partial charge is 0.242 e. The Bertz CT molecular complexity index is 1150. The van der Waals surface area contributed by atoms with E-state index in [-0.39, 0.29) is 43.4 Å². The van der Waals surface area contributed by atoms with Crippen molar-refractivity contribution in [1.29, 1.82) is 0 Å². The van der Waals surface area contributed by atoms with E-state index >= 15 is 0 Å². The van der Waals surface area contributed by atoms with Gasteiger partial charge in [-0.25, -0.2) is 12.8 Å². The van der Waals surface area contributed by atoms with Gasteiger partial charge in [0.05, 0.1) is 11.9 Å². The second kappa shape index (κ2) is 12.0. The molecule has 1 atom stereocenters. The number of hydrogen-bond donors (Lipinski definition) is 1. The van der Waals surface area contributed by atoms with E-state index in [0.717, 1.165) is 20.6 Å². The molecule has 0 fully saturated rings. The molecule has 1 unspecified atom stereocenters. The topological polar surface area (TPSA) is 86.8 Å². The van der Waals surface area contributed by atoms with Crippen molar-refractivity contribution < 1.29 is 22.4 Å². The van der Waals surface area contributed by atoms with Crippen LogP contribution in [0.15, 0.2) is 53.0 Å². The van der Waals surface area contributed by atoms with Gasteiger partial charge in [-0.15, -0.1) is 0 Å². The van der Waals surface area contributed by atoms with Crippen LogP contribution < -0.4 is 9.62 Å². The minimum Gasteiger partial charge on any atom is -0.350 e. The fourth-order valence-corrected chi connectivity index (χ4v) is 4.94. The van der Waals surface area contributed by atoms with E-state index in [9.17, 15) is 22.4 Å². The Morgan fingerprint density at radius 2 is 1.77 bits per heavy atom. The number of para-hydroxylation sites is 1. The summed E-state index contributed by atoms with van der Waals surface area (Å²) in [5.41, 5.74) is 0.310. The largest absolute Gasteiger partial charge is 0.350 e. The molecule has 0 saturated carbocycles. The zero-order valence-corrected chi connectivity index (χ0v) is 23.1. The van der Waals surface area contributed by atoms with Crippen LogP contribution in [0, 0.1) is 5.82 Å². The third-order valence-electron chi connectivity index (χ3n) is 5.18. The SMILES string of the molecule is CC(C(=O)NC(C)(C)C)N(Cc1cccc(Br)c1)C(=O)CCCN(c1ccccc1F)S(C)(=O)=O. The Hall–Kier alpha value is -2.46. The van der Waals surface area contributed by atoms with E-state index in [2.05, 4.69) is 21.2 Å². The fourth-order valence-electron chi connectivity index (χ4n) is 3.53. The maximum Gasteiger partial charge on any atom is 0.242 e. The molecule has 0 radical (unpaired) electrons. The summed E-state index contributed by atoms with van der Waals surface area (Å²) in [6.45, 7) is 7.39. The number of anilines is 1. The third kappa shape index (κ3) is 8.92. The Balaban J connectivity index is 2.20. The first kappa shape index (κ1) is 28.8. The molecule has 35 heavy (non-hydrogen) atoms. The molecule has 0 bridgehead atoms. The Kier molecular flexibility index (Phi) is 9.85. The van der Waals surface area contributed by atoms with E-state index < -0.39 is 27.4 Å². The molecular weight excluding hydrogens is 537 g/mol. The molecule has 0 spiro atoms. The second-order valence-electron chi connectivity index (χ2n) is 9.46. The Morgan fingerprint density at radius 3 is 2.34 bits per heavy atom. The van der Waals surface area contributed by atoms with Crippen LogP contribution in [0.25, 0.3) is 0 Å². The van der Waals surface area contributed by atoms with Crippen molar-refractivity contribution in [2.24, 2.45) is 0 Å². The predicted molar refractivity (Wildman–Crippen MR) is 140 cm³/mol. The normalized spacial score (nSPS) is 12.7. The Morgan fingerprint density at radius 1 is 1.11 bits per heavy atom. The first-order chi connectivity index (χ1) is 16.2. The van der Waals surface area contributed by atoms with Crippen LogP contribution in [0.2, 0.25) is 0 Å². The molecule has 2 aromatic carbocycles. The molecule has 0 aromatic heterocycles. The molecule has 192 valence electrons. The lowest BCUT2D eigenvalue weighted by Gasteiger charge is -2.32. The molecule has 0 heterocycles. The summed E-state index contributed by atoms with van der Waals surface area (Å²) < 4.78 is 40.7. The van der Waals surface area contributed by atoms with Gasteiger partial charge in [-0.3, -0.25) is 13.9 Å². The highest BCUT2D eigenvalue weighted by atomic mass is 79.9. The molecule has 7 nitrogen and oxygen atoms in total. The van der Waals surface area contributed by atoms with Crippen molar-refractivity contribution in [1.82, 2.24) is 10.2 Å². The van der Waals surface area contributed by atoms with Crippen molar-refractivity contribution in [2.45, 2.75) is 58.7 Å². The van der Waals surface area contributed by atoms with Gasteiger partial charge >= 0.3 is 0 Å². The lowest BCUT2D eigenvalue weighted by atomic mass is 10.1. The van der Waals surface area contributed by atoms with Crippen LogP contribution in [0.1, 0.15) is 46.1 Å². The molecule has 10 heteroatoms. The van der Waals surface area contributed by atoms with Gasteiger partial charge in [-0.2, -0.15) is 0 Å². The van der Waals surface area contributed by atoms with Crippen LogP contribution in [0.4, 0.5) is 10.1 Å². The molecule has 0 aliphatic heterocycles. The summed E-state index contributed by atoms with van der Waals surface area (Å²) in [6, 6.07) is 12.3.